The summed E-state index contributed by atoms with van der Waals surface area (Å²) in [6.45, 7) is 0. The molecule has 1 heterocycles. The molecule has 0 amide bonds. The topological polar surface area (TPSA) is 34.0 Å². The predicted molar refractivity (Wildman–Crippen MR) is 57.4 cm³/mol. The lowest BCUT2D eigenvalue weighted by Crippen LogP contribution is -1.96. The molecule has 0 aromatic heterocycles. The van der Waals surface area contributed by atoms with E-state index in [1.165, 1.54) is 0 Å². The van der Waals surface area contributed by atoms with Crippen LogP contribution in [0.4, 0.5) is 0 Å². The number of methoxy groups -OCH3 is 1. The van der Waals surface area contributed by atoms with Gasteiger partial charge in [0, 0.05) is 12.7 Å². The van der Waals surface area contributed by atoms with Crippen LogP contribution in [0, 0.1) is 6.10 Å². The molecule has 1 aliphatic carbocycles. The second-order valence-corrected chi connectivity index (χ2v) is 3.62. The van der Waals surface area contributed by atoms with Gasteiger partial charge in [0.25, 0.3) is 0 Å². The molecule has 1 radical (unpaired) electrons. The first kappa shape index (κ1) is 9.55. The molecule has 71 valence electrons. The Morgan fingerprint density at radius 3 is 2.43 bits per heavy atom. The van der Waals surface area contributed by atoms with Crippen molar-refractivity contribution in [1.82, 2.24) is 0 Å². The summed E-state index contributed by atoms with van der Waals surface area (Å²) in [6, 6.07) is 0. The summed E-state index contributed by atoms with van der Waals surface area (Å²) in [5.41, 5.74) is 1.88. The number of allylic oxidation sites excluding steroid dienone is 4. The monoisotopic (exact) mass is 251 g/mol. The number of nitrogens with zero attached hydrogens (tertiary/aromatic N) is 2. The van der Waals surface area contributed by atoms with Crippen molar-refractivity contribution in [2.24, 2.45) is 10.2 Å². The smallest absolute Gasteiger partial charge is 0.141 e. The van der Waals surface area contributed by atoms with Crippen LogP contribution in [0.1, 0.15) is 0 Å². The Bertz CT molecular complexity index is 375. The van der Waals surface area contributed by atoms with Crippen LogP contribution in [0.25, 0.3) is 0 Å². The molecule has 0 unspecified atom stereocenters. The maximum Gasteiger partial charge on any atom is 0.141 e. The highest BCUT2D eigenvalue weighted by molar-refractivity contribution is 9.12. The number of ether oxygens (including phenoxy) is 1. The second-order valence-electron chi connectivity index (χ2n) is 2.77. The SMILES string of the molecule is CO[C]1C=CC(=C2N=NC=C2Br)C=C1. The molecule has 0 N–H and O–H groups in total. The Labute approximate surface area is 90.7 Å². The number of rotatable bonds is 1. The van der Waals surface area contributed by atoms with Gasteiger partial charge in [-0.1, -0.05) is 12.2 Å². The van der Waals surface area contributed by atoms with Crippen molar-refractivity contribution in [2.75, 3.05) is 7.11 Å². The van der Waals surface area contributed by atoms with Gasteiger partial charge in [0.2, 0.25) is 0 Å². The fourth-order valence-electron chi connectivity index (χ4n) is 1.19. The van der Waals surface area contributed by atoms with E-state index in [2.05, 4.69) is 26.2 Å². The van der Waals surface area contributed by atoms with E-state index in [0.29, 0.717) is 0 Å². The normalized spacial score (nSPS) is 20.9. The lowest BCUT2D eigenvalue weighted by Gasteiger charge is -2.09. The summed E-state index contributed by atoms with van der Waals surface area (Å²) >= 11 is 3.38. The van der Waals surface area contributed by atoms with Crippen molar-refractivity contribution in [3.8, 4) is 0 Å². The van der Waals surface area contributed by atoms with Gasteiger partial charge in [-0.2, -0.15) is 5.11 Å². The molecule has 0 aromatic rings. The molecule has 2 rings (SSSR count). The van der Waals surface area contributed by atoms with Crippen LogP contribution >= 0.6 is 15.9 Å². The first-order valence-corrected chi connectivity index (χ1v) is 4.89. The summed E-state index contributed by atoms with van der Waals surface area (Å²) in [4.78, 5) is 0. The van der Waals surface area contributed by atoms with Gasteiger partial charge >= 0.3 is 0 Å². The fourth-order valence-corrected chi connectivity index (χ4v) is 1.59. The van der Waals surface area contributed by atoms with E-state index in [-0.39, 0.29) is 0 Å². The summed E-state index contributed by atoms with van der Waals surface area (Å²) in [5.74, 6) is 0. The van der Waals surface area contributed by atoms with Gasteiger partial charge in [-0.15, -0.1) is 5.11 Å². The van der Waals surface area contributed by atoms with Gasteiger partial charge < -0.3 is 4.74 Å². The summed E-state index contributed by atoms with van der Waals surface area (Å²) < 4.78 is 5.97. The van der Waals surface area contributed by atoms with E-state index >= 15 is 0 Å². The van der Waals surface area contributed by atoms with E-state index < -0.39 is 0 Å². The third-order valence-electron chi connectivity index (χ3n) is 1.92. The average Bonchev–Trinajstić information content (AvgIpc) is 2.65. The molecule has 0 saturated heterocycles. The van der Waals surface area contributed by atoms with Crippen LogP contribution in [0.5, 0.6) is 0 Å². The van der Waals surface area contributed by atoms with Crippen molar-refractivity contribution >= 4 is 15.9 Å². The Kier molecular flexibility index (Phi) is 2.74. The molecule has 14 heavy (non-hydrogen) atoms. The fraction of sp³-hybridized carbons (Fsp3) is 0.100. The predicted octanol–water partition coefficient (Wildman–Crippen LogP) is 3.25. The second kappa shape index (κ2) is 4.02. The van der Waals surface area contributed by atoms with Gasteiger partial charge in [0.15, 0.2) is 0 Å². The molecule has 0 fully saturated rings. The molecule has 0 atom stereocenters. The first-order valence-electron chi connectivity index (χ1n) is 4.09. The van der Waals surface area contributed by atoms with E-state index in [0.717, 1.165) is 21.9 Å². The van der Waals surface area contributed by atoms with Crippen LogP contribution in [-0.4, -0.2) is 7.11 Å². The quantitative estimate of drug-likeness (QED) is 0.705. The highest BCUT2D eigenvalue weighted by Gasteiger charge is 2.13. The molecule has 2 aliphatic rings. The zero-order valence-electron chi connectivity index (χ0n) is 7.57. The van der Waals surface area contributed by atoms with Crippen LogP contribution in [0.15, 0.2) is 56.5 Å². The third-order valence-corrected chi connectivity index (χ3v) is 2.50. The van der Waals surface area contributed by atoms with Crippen molar-refractivity contribution < 1.29 is 4.74 Å². The number of hydrogen-bond acceptors (Lipinski definition) is 3. The van der Waals surface area contributed by atoms with Gasteiger partial charge in [0.1, 0.15) is 11.8 Å². The Morgan fingerprint density at radius 2 is 1.93 bits per heavy atom. The van der Waals surface area contributed by atoms with Crippen molar-refractivity contribution in [2.45, 2.75) is 0 Å². The molecule has 3 nitrogen and oxygen atoms in total. The third kappa shape index (κ3) is 1.76. The number of hydrogen-bond donors (Lipinski definition) is 0. The molecule has 1 aliphatic heterocycles. The van der Waals surface area contributed by atoms with Crippen molar-refractivity contribution in [1.29, 1.82) is 0 Å². The maximum atomic E-state index is 5.07. The minimum absolute atomic E-state index is 0.837. The van der Waals surface area contributed by atoms with Gasteiger partial charge in [0.05, 0.1) is 10.7 Å². The first-order chi connectivity index (χ1) is 6.81. The Balaban J connectivity index is 2.27. The standard InChI is InChI=1S/C10H8BrN2O/c1-14-8-4-2-7(3-5-8)10-9(11)6-12-13-10/h2-6H,1H3. The number of halogens is 1. The van der Waals surface area contributed by atoms with Gasteiger partial charge in [-0.05, 0) is 28.1 Å². The molecule has 0 spiro atoms. The molecular formula is C10H8BrN2O. The summed E-state index contributed by atoms with van der Waals surface area (Å²) in [5, 5.41) is 7.82. The van der Waals surface area contributed by atoms with Crippen LogP contribution < -0.4 is 0 Å². The van der Waals surface area contributed by atoms with E-state index in [1.54, 1.807) is 13.3 Å². The molecule has 0 bridgehead atoms. The molecular weight excluding hydrogens is 244 g/mol. The molecule has 0 aromatic carbocycles. The zero-order chi connectivity index (χ0) is 9.97. The summed E-state index contributed by atoms with van der Waals surface area (Å²) in [6.07, 6.45) is 10.2. The van der Waals surface area contributed by atoms with E-state index in [1.807, 2.05) is 24.3 Å². The molecule has 0 saturated carbocycles. The van der Waals surface area contributed by atoms with Gasteiger partial charge in [-0.25, -0.2) is 0 Å². The average molecular weight is 252 g/mol. The van der Waals surface area contributed by atoms with Crippen LogP contribution in [-0.2, 0) is 4.74 Å². The minimum Gasteiger partial charge on any atom is -0.366 e. The summed E-state index contributed by atoms with van der Waals surface area (Å²) in [7, 11) is 1.65. The maximum absolute atomic E-state index is 5.07. The lowest BCUT2D eigenvalue weighted by atomic mass is 10.1. The van der Waals surface area contributed by atoms with Crippen molar-refractivity contribution in [3.63, 3.8) is 0 Å². The highest BCUT2D eigenvalue weighted by Crippen LogP contribution is 2.30. The Morgan fingerprint density at radius 1 is 1.21 bits per heavy atom. The van der Waals surface area contributed by atoms with Crippen molar-refractivity contribution in [3.05, 3.63) is 52.4 Å². The lowest BCUT2D eigenvalue weighted by molar-refractivity contribution is 0.257. The molecule has 4 heteroatoms. The van der Waals surface area contributed by atoms with Crippen LogP contribution in [0.2, 0.25) is 0 Å². The largest absolute Gasteiger partial charge is 0.366 e. The van der Waals surface area contributed by atoms with Crippen LogP contribution in [0.3, 0.4) is 0 Å². The minimum atomic E-state index is 0.837. The van der Waals surface area contributed by atoms with Gasteiger partial charge in [-0.3, -0.25) is 0 Å². The van der Waals surface area contributed by atoms with E-state index in [4.69, 9.17) is 4.74 Å². The zero-order valence-corrected chi connectivity index (χ0v) is 9.15. The number of azo groups is 1. The van der Waals surface area contributed by atoms with E-state index in [9.17, 15) is 0 Å². The Hall–Kier alpha value is -1.000. The highest BCUT2D eigenvalue weighted by atomic mass is 79.9.